The van der Waals surface area contributed by atoms with E-state index in [0.717, 1.165) is 17.0 Å². The van der Waals surface area contributed by atoms with Gasteiger partial charge in [0.2, 0.25) is 12.3 Å². The van der Waals surface area contributed by atoms with Crippen molar-refractivity contribution in [1.82, 2.24) is 24.4 Å². The van der Waals surface area contributed by atoms with E-state index in [1.165, 1.54) is 12.1 Å². The summed E-state index contributed by atoms with van der Waals surface area (Å²) >= 11 is 1.12. The summed E-state index contributed by atoms with van der Waals surface area (Å²) in [6.45, 7) is 3.80. The molecule has 14 heteroatoms. The highest BCUT2D eigenvalue weighted by atomic mass is 32.1. The van der Waals surface area contributed by atoms with Crippen LogP contribution in [0.1, 0.15) is 10.6 Å². The van der Waals surface area contributed by atoms with Gasteiger partial charge in [0.1, 0.15) is 22.5 Å². The van der Waals surface area contributed by atoms with Crippen LogP contribution >= 0.6 is 11.3 Å². The van der Waals surface area contributed by atoms with Crippen LogP contribution in [0, 0.1) is 17.1 Å². The largest absolute Gasteiger partial charge is 0.389 e. The predicted molar refractivity (Wildman–Crippen MR) is 156 cm³/mol. The molecule has 2 aliphatic rings. The second-order valence-electron chi connectivity index (χ2n) is 10.7. The number of fused-ring (bicyclic) bond motifs is 1. The Kier molecular flexibility index (Phi) is 7.95. The number of rotatable bonds is 8. The van der Waals surface area contributed by atoms with E-state index in [-0.39, 0.29) is 11.6 Å². The summed E-state index contributed by atoms with van der Waals surface area (Å²) in [6.07, 6.45) is -1.86. The lowest BCUT2D eigenvalue weighted by atomic mass is 10.1. The van der Waals surface area contributed by atoms with Crippen molar-refractivity contribution in [3.8, 4) is 17.3 Å². The van der Waals surface area contributed by atoms with Gasteiger partial charge in [-0.25, -0.2) is 22.7 Å². The van der Waals surface area contributed by atoms with Crippen LogP contribution in [0.5, 0.6) is 0 Å². The van der Waals surface area contributed by atoms with E-state index in [2.05, 4.69) is 26.0 Å². The summed E-state index contributed by atoms with van der Waals surface area (Å²) in [5, 5.41) is 24.1. The summed E-state index contributed by atoms with van der Waals surface area (Å²) in [5.74, 6) is -0.390. The van der Waals surface area contributed by atoms with Crippen LogP contribution in [0.15, 0.2) is 42.6 Å². The van der Waals surface area contributed by atoms with E-state index in [9.17, 15) is 28.3 Å². The van der Waals surface area contributed by atoms with E-state index < -0.39 is 24.8 Å². The molecule has 4 aromatic rings. The number of thiazole rings is 1. The fourth-order valence-corrected chi connectivity index (χ4v) is 6.31. The molecular formula is C29H29F3N8O2S. The van der Waals surface area contributed by atoms with Gasteiger partial charge in [-0.05, 0) is 36.4 Å². The average Bonchev–Trinajstić information content (AvgIpc) is 3.56. The standard InChI is InChI=1S/C29H29F3N8O2S/c1-36(29-34-27(24(14-33)43-29)18-2-4-19(30)5-3-18)28-22(13-25(31)32)35-40-7-6-20(12-23(28)40)38-10-8-37(9-11-38)17-26(42)39-15-21(41)16-39/h2-7,12,21,25,41H,8-11,13,15-17H2,1H3. The molecule has 224 valence electrons. The highest BCUT2D eigenvalue weighted by Gasteiger charge is 2.31. The number of nitriles is 1. The number of benzene rings is 1. The number of hydrogen-bond donors (Lipinski definition) is 1. The van der Waals surface area contributed by atoms with E-state index in [0.29, 0.717) is 78.3 Å². The van der Waals surface area contributed by atoms with Crippen LogP contribution in [-0.2, 0) is 11.2 Å². The molecule has 0 spiro atoms. The molecule has 43 heavy (non-hydrogen) atoms. The van der Waals surface area contributed by atoms with Crippen molar-refractivity contribution in [1.29, 1.82) is 5.26 Å². The minimum atomic E-state index is -2.62. The Hall–Kier alpha value is -4.19. The first-order valence-corrected chi connectivity index (χ1v) is 14.6. The first kappa shape index (κ1) is 28.9. The molecule has 0 bridgehead atoms. The van der Waals surface area contributed by atoms with Gasteiger partial charge in [-0.3, -0.25) is 9.69 Å². The minimum Gasteiger partial charge on any atom is -0.389 e. The maximum Gasteiger partial charge on any atom is 0.244 e. The number of hydrogen-bond acceptors (Lipinski definition) is 9. The van der Waals surface area contributed by atoms with Crippen molar-refractivity contribution in [2.24, 2.45) is 0 Å². The van der Waals surface area contributed by atoms with Gasteiger partial charge in [-0.15, -0.1) is 0 Å². The SMILES string of the molecule is CN(c1nc(-c2ccc(F)cc2)c(C#N)s1)c1c(CC(F)F)nn2ccc(N3CCN(CC(=O)N4CC(O)C4)CC3)cc12. The Labute approximate surface area is 249 Å². The third kappa shape index (κ3) is 5.88. The van der Waals surface area contributed by atoms with Crippen molar-refractivity contribution < 1.29 is 23.1 Å². The summed E-state index contributed by atoms with van der Waals surface area (Å²) in [5.41, 5.74) is 3.14. The van der Waals surface area contributed by atoms with E-state index in [4.69, 9.17) is 0 Å². The van der Waals surface area contributed by atoms with Crippen LogP contribution in [-0.4, -0.2) is 101 Å². The normalized spacial score (nSPS) is 16.1. The number of nitrogens with zero attached hydrogens (tertiary/aromatic N) is 8. The molecule has 2 saturated heterocycles. The lowest BCUT2D eigenvalue weighted by Gasteiger charge is -2.39. The Morgan fingerprint density at radius 2 is 1.91 bits per heavy atom. The number of β-amino-alcohol motifs (C(OH)–C–C–N with tert-alkyl or cyclic N) is 1. The molecule has 0 saturated carbocycles. The maximum absolute atomic E-state index is 13.7. The van der Waals surface area contributed by atoms with E-state index in [1.54, 1.807) is 39.7 Å². The summed E-state index contributed by atoms with van der Waals surface area (Å²) in [6, 6.07) is 11.6. The van der Waals surface area contributed by atoms with Crippen molar-refractivity contribution in [2.75, 3.05) is 62.7 Å². The number of anilines is 3. The van der Waals surface area contributed by atoms with Gasteiger partial charge in [0, 0.05) is 63.8 Å². The molecule has 0 unspecified atom stereocenters. The zero-order chi connectivity index (χ0) is 30.2. The van der Waals surface area contributed by atoms with Crippen LogP contribution < -0.4 is 9.80 Å². The molecule has 2 aliphatic heterocycles. The monoisotopic (exact) mass is 610 g/mol. The Bertz CT molecular complexity index is 1670. The molecule has 10 nitrogen and oxygen atoms in total. The van der Waals surface area contributed by atoms with Gasteiger partial charge in [0.15, 0.2) is 5.13 Å². The molecule has 5 heterocycles. The molecule has 1 N–H and O–H groups in total. The number of alkyl halides is 2. The number of aliphatic hydroxyl groups excluding tert-OH is 1. The molecule has 1 aromatic carbocycles. The van der Waals surface area contributed by atoms with Gasteiger partial charge in [-0.2, -0.15) is 10.4 Å². The van der Waals surface area contributed by atoms with Crippen LogP contribution in [0.3, 0.4) is 0 Å². The molecule has 0 aliphatic carbocycles. The number of halogens is 3. The molecular weight excluding hydrogens is 581 g/mol. The van der Waals surface area contributed by atoms with Crippen molar-refractivity contribution in [2.45, 2.75) is 19.0 Å². The molecule has 6 rings (SSSR count). The first-order chi connectivity index (χ1) is 20.7. The summed E-state index contributed by atoms with van der Waals surface area (Å²) < 4.78 is 42.4. The number of piperazine rings is 1. The zero-order valence-corrected chi connectivity index (χ0v) is 24.1. The van der Waals surface area contributed by atoms with Gasteiger partial charge in [-0.1, -0.05) is 11.3 Å². The smallest absolute Gasteiger partial charge is 0.244 e. The number of carbonyl (C=O) groups excluding carboxylic acids is 1. The lowest BCUT2D eigenvalue weighted by Crippen LogP contribution is -2.57. The fourth-order valence-electron chi connectivity index (χ4n) is 5.46. The highest BCUT2D eigenvalue weighted by molar-refractivity contribution is 7.16. The van der Waals surface area contributed by atoms with Gasteiger partial charge in [0.05, 0.1) is 36.0 Å². The van der Waals surface area contributed by atoms with Crippen molar-refractivity contribution >= 4 is 39.3 Å². The van der Waals surface area contributed by atoms with Crippen molar-refractivity contribution in [3.63, 3.8) is 0 Å². The minimum absolute atomic E-state index is 0.0167. The molecule has 3 aromatic heterocycles. The third-order valence-corrected chi connectivity index (χ3v) is 8.82. The average molecular weight is 611 g/mol. The molecule has 2 fully saturated rings. The van der Waals surface area contributed by atoms with Crippen LogP contribution in [0.2, 0.25) is 0 Å². The number of amides is 1. The maximum atomic E-state index is 13.7. The van der Waals surface area contributed by atoms with Gasteiger partial charge >= 0.3 is 0 Å². The van der Waals surface area contributed by atoms with Crippen LogP contribution in [0.4, 0.5) is 29.7 Å². The third-order valence-electron chi connectivity index (χ3n) is 7.78. The Morgan fingerprint density at radius 3 is 2.56 bits per heavy atom. The van der Waals surface area contributed by atoms with Gasteiger partial charge in [0.25, 0.3) is 0 Å². The van der Waals surface area contributed by atoms with Crippen molar-refractivity contribution in [3.05, 3.63) is 59.0 Å². The van der Waals surface area contributed by atoms with Crippen LogP contribution in [0.25, 0.3) is 16.8 Å². The predicted octanol–water partition coefficient (Wildman–Crippen LogP) is 3.37. The number of likely N-dealkylation sites (tertiary alicyclic amines) is 1. The highest BCUT2D eigenvalue weighted by Crippen LogP contribution is 2.39. The zero-order valence-electron chi connectivity index (χ0n) is 23.3. The summed E-state index contributed by atoms with van der Waals surface area (Å²) in [4.78, 5) is 25.0. The Balaban J connectivity index is 1.27. The molecule has 0 radical (unpaired) electrons. The van der Waals surface area contributed by atoms with E-state index in [1.807, 2.05) is 12.1 Å². The second kappa shape index (κ2) is 11.8. The number of aromatic nitrogens is 3. The number of pyridine rings is 1. The molecule has 1 amide bonds. The quantitative estimate of drug-likeness (QED) is 0.324. The second-order valence-corrected chi connectivity index (χ2v) is 11.7. The lowest BCUT2D eigenvalue weighted by molar-refractivity contribution is -0.142. The fraction of sp³-hybridized carbons (Fsp3) is 0.379. The summed E-state index contributed by atoms with van der Waals surface area (Å²) in [7, 11) is 1.71. The number of carbonyl (C=O) groups is 1. The topological polar surface area (TPSA) is 104 Å². The Morgan fingerprint density at radius 1 is 1.19 bits per heavy atom. The van der Waals surface area contributed by atoms with Gasteiger partial charge < -0.3 is 19.8 Å². The first-order valence-electron chi connectivity index (χ1n) is 13.8. The van der Waals surface area contributed by atoms with E-state index >= 15 is 0 Å². The number of aliphatic hydroxyl groups is 1. The molecule has 0 atom stereocenters.